The Morgan fingerprint density at radius 2 is 2.29 bits per heavy atom. The fraction of sp³-hybridized carbons (Fsp3) is 0.214. The normalized spacial score (nSPS) is 11.0. The fourth-order valence-electron chi connectivity index (χ4n) is 1.74. The second-order valence-corrected chi connectivity index (χ2v) is 5.58. The molecule has 2 N–H and O–H groups in total. The van der Waals surface area contributed by atoms with Crippen LogP contribution in [0.5, 0.6) is 0 Å². The first kappa shape index (κ1) is 15.0. The van der Waals surface area contributed by atoms with E-state index in [9.17, 15) is 9.59 Å². The highest BCUT2D eigenvalue weighted by Crippen LogP contribution is 2.23. The van der Waals surface area contributed by atoms with E-state index >= 15 is 0 Å². The van der Waals surface area contributed by atoms with Crippen molar-refractivity contribution in [3.63, 3.8) is 0 Å². The molecular formula is C14H15N3O3S. The molecule has 7 heteroatoms. The van der Waals surface area contributed by atoms with Crippen LogP contribution in [0.25, 0.3) is 6.08 Å². The van der Waals surface area contributed by atoms with Gasteiger partial charge in [-0.05, 0) is 30.7 Å². The quantitative estimate of drug-likeness (QED) is 0.825. The van der Waals surface area contributed by atoms with Gasteiger partial charge in [0.05, 0.1) is 17.1 Å². The molecule has 1 amide bonds. The number of carboxylic acids is 1. The van der Waals surface area contributed by atoms with Gasteiger partial charge in [-0.3, -0.25) is 9.48 Å². The molecule has 0 aliphatic rings. The summed E-state index contributed by atoms with van der Waals surface area (Å²) in [6.07, 6.45) is 4.37. The van der Waals surface area contributed by atoms with Crippen molar-refractivity contribution in [2.45, 2.75) is 13.5 Å². The van der Waals surface area contributed by atoms with Crippen molar-refractivity contribution in [3.05, 3.63) is 45.4 Å². The molecule has 0 atom stereocenters. The summed E-state index contributed by atoms with van der Waals surface area (Å²) in [5, 5.41) is 15.6. The minimum Gasteiger partial charge on any atom is -0.478 e. The minimum absolute atomic E-state index is 0.191. The number of nitrogens with one attached hydrogen (secondary N) is 1. The molecule has 2 heterocycles. The number of rotatable bonds is 5. The Bertz CT molecular complexity index is 700. The van der Waals surface area contributed by atoms with E-state index in [1.54, 1.807) is 10.7 Å². The standard InChI is InChI=1S/C14H15N3O3S/c1-9-7-12(21-11(9)3-4-13(18)19)14(20)15-8-10-5-6-17(2)16-10/h3-7H,8H2,1-2H3,(H,15,20)(H,18,19)/b4-3+. The predicted molar refractivity (Wildman–Crippen MR) is 80.1 cm³/mol. The summed E-state index contributed by atoms with van der Waals surface area (Å²) in [5.41, 5.74) is 1.66. The Morgan fingerprint density at radius 1 is 1.52 bits per heavy atom. The molecule has 0 bridgehead atoms. The molecule has 0 saturated carbocycles. The Kier molecular flexibility index (Phi) is 4.54. The number of hydrogen-bond acceptors (Lipinski definition) is 4. The first-order chi connectivity index (χ1) is 9.95. The molecule has 2 rings (SSSR count). The van der Waals surface area contributed by atoms with Gasteiger partial charge < -0.3 is 10.4 Å². The van der Waals surface area contributed by atoms with E-state index in [4.69, 9.17) is 5.11 Å². The predicted octanol–water partition coefficient (Wildman–Crippen LogP) is 1.82. The van der Waals surface area contributed by atoms with Gasteiger partial charge >= 0.3 is 5.97 Å². The molecular weight excluding hydrogens is 290 g/mol. The average molecular weight is 305 g/mol. The van der Waals surface area contributed by atoms with Crippen LogP contribution in [0.3, 0.4) is 0 Å². The fourth-order valence-corrected chi connectivity index (χ4v) is 2.73. The zero-order chi connectivity index (χ0) is 15.4. The number of aliphatic carboxylic acids is 1. The Balaban J connectivity index is 2.02. The molecule has 2 aromatic heterocycles. The van der Waals surface area contributed by atoms with E-state index in [1.165, 1.54) is 17.4 Å². The maximum absolute atomic E-state index is 12.1. The second-order valence-electron chi connectivity index (χ2n) is 4.49. The van der Waals surface area contributed by atoms with Crippen LogP contribution in [0.2, 0.25) is 0 Å². The zero-order valence-corrected chi connectivity index (χ0v) is 12.5. The number of thiophene rings is 1. The number of amides is 1. The second kappa shape index (κ2) is 6.36. The molecule has 6 nitrogen and oxygen atoms in total. The molecule has 0 spiro atoms. The number of carboxylic acid groups (broad SMARTS) is 1. The third-order valence-corrected chi connectivity index (χ3v) is 3.96. The molecule has 0 radical (unpaired) electrons. The van der Waals surface area contributed by atoms with Crippen molar-refractivity contribution in [2.75, 3.05) is 0 Å². The van der Waals surface area contributed by atoms with Crippen LogP contribution in [0.4, 0.5) is 0 Å². The molecule has 0 aromatic carbocycles. The van der Waals surface area contributed by atoms with Crippen LogP contribution >= 0.6 is 11.3 Å². The lowest BCUT2D eigenvalue weighted by Gasteiger charge is -2.00. The van der Waals surface area contributed by atoms with Gasteiger partial charge in [-0.25, -0.2) is 4.79 Å². The molecule has 0 unspecified atom stereocenters. The summed E-state index contributed by atoms with van der Waals surface area (Å²) < 4.78 is 1.67. The molecule has 2 aromatic rings. The average Bonchev–Trinajstić information content (AvgIpc) is 3.00. The topological polar surface area (TPSA) is 84.2 Å². The molecule has 21 heavy (non-hydrogen) atoms. The Morgan fingerprint density at radius 3 is 2.90 bits per heavy atom. The number of carbonyl (C=O) groups is 2. The first-order valence-corrected chi connectivity index (χ1v) is 7.05. The van der Waals surface area contributed by atoms with E-state index in [-0.39, 0.29) is 5.91 Å². The molecule has 0 aliphatic heterocycles. The Hall–Kier alpha value is -2.41. The first-order valence-electron chi connectivity index (χ1n) is 6.24. The van der Waals surface area contributed by atoms with Crippen LogP contribution in [-0.2, 0) is 18.4 Å². The van der Waals surface area contributed by atoms with Crippen molar-refractivity contribution in [3.8, 4) is 0 Å². The molecule has 110 valence electrons. The number of aromatic nitrogens is 2. The van der Waals surface area contributed by atoms with Crippen LogP contribution in [0.15, 0.2) is 24.4 Å². The zero-order valence-electron chi connectivity index (χ0n) is 11.7. The van der Waals surface area contributed by atoms with Crippen LogP contribution in [0.1, 0.15) is 25.8 Å². The number of nitrogens with zero attached hydrogens (tertiary/aromatic N) is 2. The third kappa shape index (κ3) is 4.03. The highest BCUT2D eigenvalue weighted by atomic mass is 32.1. The van der Waals surface area contributed by atoms with Gasteiger partial charge in [0.1, 0.15) is 0 Å². The van der Waals surface area contributed by atoms with Gasteiger partial charge in [0.15, 0.2) is 0 Å². The van der Waals surface area contributed by atoms with E-state index in [0.717, 1.165) is 22.2 Å². The van der Waals surface area contributed by atoms with E-state index in [1.807, 2.05) is 26.2 Å². The van der Waals surface area contributed by atoms with E-state index < -0.39 is 5.97 Å². The highest BCUT2D eigenvalue weighted by molar-refractivity contribution is 7.15. The van der Waals surface area contributed by atoms with Gasteiger partial charge in [0.25, 0.3) is 5.91 Å². The van der Waals surface area contributed by atoms with Crippen LogP contribution < -0.4 is 5.32 Å². The minimum atomic E-state index is -1.01. The third-order valence-electron chi connectivity index (χ3n) is 2.76. The smallest absolute Gasteiger partial charge is 0.328 e. The maximum atomic E-state index is 12.1. The lowest BCUT2D eigenvalue weighted by molar-refractivity contribution is -0.131. The molecule has 0 fully saturated rings. The van der Waals surface area contributed by atoms with Crippen molar-refractivity contribution in [2.24, 2.45) is 7.05 Å². The summed E-state index contributed by atoms with van der Waals surface area (Å²) in [5.74, 6) is -1.20. The van der Waals surface area contributed by atoms with Crippen LogP contribution in [0, 0.1) is 6.92 Å². The number of aryl methyl sites for hydroxylation is 2. The van der Waals surface area contributed by atoms with Gasteiger partial charge in [-0.1, -0.05) is 0 Å². The maximum Gasteiger partial charge on any atom is 0.328 e. The van der Waals surface area contributed by atoms with Crippen molar-refractivity contribution >= 4 is 29.3 Å². The van der Waals surface area contributed by atoms with Gasteiger partial charge in [0, 0.05) is 24.2 Å². The van der Waals surface area contributed by atoms with E-state index in [2.05, 4.69) is 10.4 Å². The number of carbonyl (C=O) groups excluding carboxylic acids is 1. The summed E-state index contributed by atoms with van der Waals surface area (Å²) in [4.78, 5) is 23.9. The number of hydrogen-bond donors (Lipinski definition) is 2. The van der Waals surface area contributed by atoms with Gasteiger partial charge in [-0.15, -0.1) is 11.3 Å². The van der Waals surface area contributed by atoms with Crippen LogP contribution in [-0.4, -0.2) is 26.8 Å². The highest BCUT2D eigenvalue weighted by Gasteiger charge is 2.11. The van der Waals surface area contributed by atoms with Crippen molar-refractivity contribution in [1.82, 2.24) is 15.1 Å². The summed E-state index contributed by atoms with van der Waals surface area (Å²) >= 11 is 1.26. The Labute approximate surface area is 125 Å². The largest absolute Gasteiger partial charge is 0.478 e. The van der Waals surface area contributed by atoms with Crippen molar-refractivity contribution in [1.29, 1.82) is 0 Å². The van der Waals surface area contributed by atoms with E-state index in [0.29, 0.717) is 11.4 Å². The molecule has 0 saturated heterocycles. The summed E-state index contributed by atoms with van der Waals surface area (Å²) in [6, 6.07) is 3.58. The van der Waals surface area contributed by atoms with Gasteiger partial charge in [-0.2, -0.15) is 5.10 Å². The SMILES string of the molecule is Cc1cc(C(=O)NCc2ccn(C)n2)sc1/C=C/C(=O)O. The summed E-state index contributed by atoms with van der Waals surface area (Å²) in [6.45, 7) is 2.20. The lowest BCUT2D eigenvalue weighted by Crippen LogP contribution is -2.22. The van der Waals surface area contributed by atoms with Gasteiger partial charge in [0.2, 0.25) is 0 Å². The lowest BCUT2D eigenvalue weighted by atomic mass is 10.2. The summed E-state index contributed by atoms with van der Waals surface area (Å²) in [7, 11) is 1.81. The molecule has 0 aliphatic carbocycles. The monoisotopic (exact) mass is 305 g/mol. The van der Waals surface area contributed by atoms with Crippen molar-refractivity contribution < 1.29 is 14.7 Å².